The lowest BCUT2D eigenvalue weighted by Gasteiger charge is -2.27. The Bertz CT molecular complexity index is 1620. The van der Waals surface area contributed by atoms with Gasteiger partial charge >= 0.3 is 6.03 Å². The first-order valence-electron chi connectivity index (χ1n) is 12.1. The number of aryl methyl sites for hydroxylation is 2. The fourth-order valence-corrected chi connectivity index (χ4v) is 4.55. The predicted molar refractivity (Wildman–Crippen MR) is 146 cm³/mol. The van der Waals surface area contributed by atoms with Crippen LogP contribution in [0.3, 0.4) is 0 Å². The van der Waals surface area contributed by atoms with Gasteiger partial charge in [0.1, 0.15) is 23.7 Å². The van der Waals surface area contributed by atoms with E-state index in [4.69, 9.17) is 9.47 Å². The minimum atomic E-state index is -0.786. The monoisotopic (exact) mass is 506 g/mol. The summed E-state index contributed by atoms with van der Waals surface area (Å²) in [5.74, 6) is -0.481. The lowest BCUT2D eigenvalue weighted by atomic mass is 10.0. The van der Waals surface area contributed by atoms with Crippen LogP contribution in [0.4, 0.5) is 10.5 Å². The van der Waals surface area contributed by atoms with Gasteiger partial charge in [-0.25, -0.2) is 9.69 Å². The second kappa shape index (κ2) is 10.2. The number of hydrogen-bond acceptors (Lipinski definition) is 5. The number of carbonyl (C=O) groups is 3. The molecule has 0 aromatic heterocycles. The van der Waals surface area contributed by atoms with Crippen molar-refractivity contribution in [3.05, 3.63) is 107 Å². The molecule has 0 spiro atoms. The Kier molecular flexibility index (Phi) is 6.66. The summed E-state index contributed by atoms with van der Waals surface area (Å²) in [5.41, 5.74) is 3.46. The minimum absolute atomic E-state index is 0.176. The van der Waals surface area contributed by atoms with Gasteiger partial charge in [-0.15, -0.1) is 0 Å². The average Bonchev–Trinajstić information content (AvgIpc) is 2.91. The third-order valence-corrected chi connectivity index (χ3v) is 6.48. The van der Waals surface area contributed by atoms with Gasteiger partial charge in [0.2, 0.25) is 0 Å². The number of hydrogen-bond donors (Lipinski definition) is 1. The molecule has 0 aliphatic carbocycles. The van der Waals surface area contributed by atoms with Gasteiger partial charge in [0.05, 0.1) is 12.8 Å². The molecule has 1 heterocycles. The molecule has 1 fully saturated rings. The summed E-state index contributed by atoms with van der Waals surface area (Å²) in [5, 5.41) is 4.45. The van der Waals surface area contributed by atoms with Gasteiger partial charge in [-0.2, -0.15) is 0 Å². The molecule has 190 valence electrons. The third kappa shape index (κ3) is 4.74. The maximum absolute atomic E-state index is 13.5. The van der Waals surface area contributed by atoms with Gasteiger partial charge < -0.3 is 9.47 Å². The first-order chi connectivity index (χ1) is 18.4. The Morgan fingerprint density at radius 1 is 0.895 bits per heavy atom. The summed E-state index contributed by atoms with van der Waals surface area (Å²) in [4.78, 5) is 39.9. The van der Waals surface area contributed by atoms with Crippen molar-refractivity contribution in [2.24, 2.45) is 0 Å². The maximum atomic E-state index is 13.5. The Hall–Kier alpha value is -4.91. The quantitative estimate of drug-likeness (QED) is 0.267. The molecule has 7 nitrogen and oxygen atoms in total. The molecule has 38 heavy (non-hydrogen) atoms. The number of rotatable bonds is 6. The molecular weight excluding hydrogens is 480 g/mol. The Labute approximate surface area is 220 Å². The summed E-state index contributed by atoms with van der Waals surface area (Å²) in [6, 6.07) is 23.8. The zero-order chi connectivity index (χ0) is 26.8. The molecule has 1 N–H and O–H groups in total. The molecule has 1 aliphatic rings. The van der Waals surface area contributed by atoms with Crippen molar-refractivity contribution in [3.63, 3.8) is 0 Å². The van der Waals surface area contributed by atoms with Crippen molar-refractivity contribution in [1.29, 1.82) is 0 Å². The molecular formula is C31H26N2O5. The first-order valence-corrected chi connectivity index (χ1v) is 12.1. The predicted octanol–water partition coefficient (Wildman–Crippen LogP) is 5.71. The molecule has 0 radical (unpaired) electrons. The highest BCUT2D eigenvalue weighted by Gasteiger charge is 2.37. The summed E-state index contributed by atoms with van der Waals surface area (Å²) in [7, 11) is 1.55. The average molecular weight is 507 g/mol. The molecule has 1 saturated heterocycles. The molecule has 7 heteroatoms. The van der Waals surface area contributed by atoms with E-state index in [1.165, 1.54) is 6.08 Å². The lowest BCUT2D eigenvalue weighted by molar-refractivity contribution is -0.122. The topological polar surface area (TPSA) is 84.9 Å². The number of amides is 4. The summed E-state index contributed by atoms with van der Waals surface area (Å²) in [6.07, 6.45) is 1.44. The van der Waals surface area contributed by atoms with Crippen LogP contribution in [0, 0.1) is 13.8 Å². The van der Waals surface area contributed by atoms with E-state index in [1.807, 2.05) is 68.4 Å². The maximum Gasteiger partial charge on any atom is 0.335 e. The van der Waals surface area contributed by atoms with Gasteiger partial charge in [0.25, 0.3) is 11.8 Å². The van der Waals surface area contributed by atoms with Crippen molar-refractivity contribution in [3.8, 4) is 11.5 Å². The van der Waals surface area contributed by atoms with Crippen LogP contribution < -0.4 is 19.7 Å². The standard InChI is InChI=1S/C31H26N2O5/c1-19-11-14-27(20(2)15-19)33-30(35)26(29(34)32-31(33)36)16-22-12-13-24(37-3)17-28(22)38-18-23-9-6-8-21-7-4-5-10-25(21)23/h4-17H,18H2,1-3H3,(H,32,34,36)/b26-16+. The fraction of sp³-hybridized carbons (Fsp3) is 0.129. The Morgan fingerprint density at radius 2 is 1.68 bits per heavy atom. The molecule has 4 amide bonds. The minimum Gasteiger partial charge on any atom is -0.497 e. The highest BCUT2D eigenvalue weighted by atomic mass is 16.5. The van der Waals surface area contributed by atoms with Gasteiger partial charge in [0, 0.05) is 11.6 Å². The van der Waals surface area contributed by atoms with Gasteiger partial charge in [0.15, 0.2) is 0 Å². The second-order valence-electron chi connectivity index (χ2n) is 9.08. The number of fused-ring (bicyclic) bond motifs is 1. The van der Waals surface area contributed by atoms with Crippen LogP contribution in [0.25, 0.3) is 16.8 Å². The number of ether oxygens (including phenoxy) is 2. The number of imide groups is 2. The van der Waals surface area contributed by atoms with Crippen molar-refractivity contribution in [2.75, 3.05) is 12.0 Å². The molecule has 0 saturated carbocycles. The van der Waals surface area contributed by atoms with Crippen molar-refractivity contribution in [2.45, 2.75) is 20.5 Å². The van der Waals surface area contributed by atoms with E-state index < -0.39 is 17.8 Å². The fourth-order valence-electron chi connectivity index (χ4n) is 4.55. The first kappa shape index (κ1) is 24.8. The largest absolute Gasteiger partial charge is 0.497 e. The normalized spacial score (nSPS) is 14.7. The van der Waals surface area contributed by atoms with Crippen LogP contribution >= 0.6 is 0 Å². The van der Waals surface area contributed by atoms with Crippen LogP contribution in [0.15, 0.2) is 84.4 Å². The molecule has 5 rings (SSSR count). The SMILES string of the molecule is COc1ccc(/C=C2\C(=O)NC(=O)N(c3ccc(C)cc3C)C2=O)c(OCc2cccc3ccccc23)c1. The van der Waals surface area contributed by atoms with E-state index in [0.717, 1.165) is 32.4 Å². The lowest BCUT2D eigenvalue weighted by Crippen LogP contribution is -2.54. The van der Waals surface area contributed by atoms with Crippen molar-refractivity contribution in [1.82, 2.24) is 5.32 Å². The van der Waals surface area contributed by atoms with Crippen LogP contribution in [-0.2, 0) is 16.2 Å². The number of benzene rings is 4. The van der Waals surface area contributed by atoms with Gasteiger partial charge in [-0.3, -0.25) is 14.9 Å². The summed E-state index contributed by atoms with van der Waals surface area (Å²) < 4.78 is 11.6. The second-order valence-corrected chi connectivity index (χ2v) is 9.08. The van der Waals surface area contributed by atoms with Crippen LogP contribution in [0.5, 0.6) is 11.5 Å². The molecule has 4 aromatic carbocycles. The smallest absolute Gasteiger partial charge is 0.335 e. The zero-order valence-electron chi connectivity index (χ0n) is 21.3. The van der Waals surface area contributed by atoms with Crippen LogP contribution in [0.1, 0.15) is 22.3 Å². The number of carbonyl (C=O) groups excluding carboxylic acids is 3. The number of urea groups is 1. The Morgan fingerprint density at radius 3 is 2.47 bits per heavy atom. The van der Waals surface area contributed by atoms with E-state index in [-0.39, 0.29) is 12.2 Å². The number of anilines is 1. The van der Waals surface area contributed by atoms with Crippen LogP contribution in [-0.4, -0.2) is 25.0 Å². The number of methoxy groups -OCH3 is 1. The van der Waals surface area contributed by atoms with E-state index in [2.05, 4.69) is 5.32 Å². The molecule has 4 aromatic rings. The third-order valence-electron chi connectivity index (χ3n) is 6.48. The van der Waals surface area contributed by atoms with E-state index in [0.29, 0.717) is 22.7 Å². The number of barbiturate groups is 1. The van der Waals surface area contributed by atoms with E-state index in [1.54, 1.807) is 31.4 Å². The summed E-state index contributed by atoms with van der Waals surface area (Å²) >= 11 is 0. The molecule has 0 unspecified atom stereocenters. The zero-order valence-corrected chi connectivity index (χ0v) is 21.3. The van der Waals surface area contributed by atoms with Gasteiger partial charge in [-0.1, -0.05) is 60.2 Å². The molecule has 1 aliphatic heterocycles. The summed E-state index contributed by atoms with van der Waals surface area (Å²) in [6.45, 7) is 4.00. The number of nitrogens with zero attached hydrogens (tertiary/aromatic N) is 1. The van der Waals surface area contributed by atoms with Crippen molar-refractivity contribution < 1.29 is 23.9 Å². The highest BCUT2D eigenvalue weighted by Crippen LogP contribution is 2.31. The highest BCUT2D eigenvalue weighted by molar-refractivity contribution is 6.39. The number of nitrogens with one attached hydrogen (secondary N) is 1. The van der Waals surface area contributed by atoms with Crippen LogP contribution in [0.2, 0.25) is 0 Å². The van der Waals surface area contributed by atoms with Crippen molar-refractivity contribution >= 4 is 40.4 Å². The van der Waals surface area contributed by atoms with E-state index in [9.17, 15) is 14.4 Å². The molecule has 0 bridgehead atoms. The van der Waals surface area contributed by atoms with Gasteiger partial charge in [-0.05, 0) is 60.0 Å². The Balaban J connectivity index is 1.51. The van der Waals surface area contributed by atoms with E-state index >= 15 is 0 Å². The molecule has 0 atom stereocenters.